The van der Waals surface area contributed by atoms with Gasteiger partial charge in [0.05, 0.1) is 5.39 Å². The van der Waals surface area contributed by atoms with E-state index in [9.17, 15) is 4.79 Å². The third-order valence-corrected chi connectivity index (χ3v) is 4.98. The minimum atomic E-state index is -0.276. The molecule has 0 spiro atoms. The van der Waals surface area contributed by atoms with Crippen LogP contribution >= 0.6 is 11.6 Å². The van der Waals surface area contributed by atoms with Crippen LogP contribution in [-0.4, -0.2) is 9.97 Å². The van der Waals surface area contributed by atoms with Gasteiger partial charge < -0.3 is 9.15 Å². The van der Waals surface area contributed by atoms with E-state index in [-0.39, 0.29) is 17.2 Å². The maximum Gasteiger partial charge on any atom is 0.322 e. The summed E-state index contributed by atoms with van der Waals surface area (Å²) < 4.78 is 12.0. The van der Waals surface area contributed by atoms with E-state index < -0.39 is 0 Å². The minimum absolute atomic E-state index is 0.0491. The quantitative estimate of drug-likeness (QED) is 0.422. The summed E-state index contributed by atoms with van der Waals surface area (Å²) in [5, 5.41) is 1.04. The third-order valence-electron chi connectivity index (χ3n) is 4.73. The second-order valence-electron chi connectivity index (χ2n) is 7.06. The Morgan fingerprint density at radius 3 is 2.17 bits per heavy atom. The molecule has 2 heterocycles. The van der Waals surface area contributed by atoms with Crippen LogP contribution in [0.4, 0.5) is 0 Å². The zero-order chi connectivity index (χ0) is 20.7. The average Bonchev–Trinajstić information content (AvgIpc) is 2.66. The summed E-state index contributed by atoms with van der Waals surface area (Å²) >= 11 is 6.02. The van der Waals surface area contributed by atoms with Crippen molar-refractivity contribution in [3.8, 4) is 23.1 Å². The average molecular weight is 407 g/mol. The van der Waals surface area contributed by atoms with Crippen LogP contribution in [0.1, 0.15) is 22.5 Å². The van der Waals surface area contributed by atoms with E-state index >= 15 is 0 Å². The maximum absolute atomic E-state index is 13.4. The number of fused-ring (bicyclic) bond motifs is 1. The van der Waals surface area contributed by atoms with Crippen LogP contribution in [0.25, 0.3) is 22.3 Å². The van der Waals surface area contributed by atoms with Crippen molar-refractivity contribution in [2.24, 2.45) is 0 Å². The number of rotatable bonds is 3. The number of nitrogens with zero attached hydrogens (tertiary/aromatic N) is 2. The van der Waals surface area contributed by atoms with E-state index in [0.717, 1.165) is 22.5 Å². The second kappa shape index (κ2) is 7.33. The van der Waals surface area contributed by atoms with Crippen molar-refractivity contribution in [1.29, 1.82) is 0 Å². The Labute approximate surface area is 173 Å². The van der Waals surface area contributed by atoms with Crippen molar-refractivity contribution in [2.45, 2.75) is 27.7 Å². The first-order valence-corrected chi connectivity index (χ1v) is 9.54. The summed E-state index contributed by atoms with van der Waals surface area (Å²) in [4.78, 5) is 22.0. The summed E-state index contributed by atoms with van der Waals surface area (Å²) in [5.74, 6) is 0.359. The van der Waals surface area contributed by atoms with Gasteiger partial charge in [-0.15, -0.1) is 0 Å². The molecule has 6 heteroatoms. The molecule has 146 valence electrons. The fourth-order valence-electron chi connectivity index (χ4n) is 3.15. The van der Waals surface area contributed by atoms with Gasteiger partial charge in [-0.1, -0.05) is 11.6 Å². The van der Waals surface area contributed by atoms with Gasteiger partial charge in [-0.2, -0.15) is 0 Å². The Balaban J connectivity index is 2.00. The molecule has 2 aromatic heterocycles. The zero-order valence-electron chi connectivity index (χ0n) is 16.5. The maximum atomic E-state index is 13.4. The van der Waals surface area contributed by atoms with Gasteiger partial charge in [0.15, 0.2) is 5.76 Å². The topological polar surface area (TPSA) is 65.2 Å². The highest BCUT2D eigenvalue weighted by Crippen LogP contribution is 2.34. The Kier molecular flexibility index (Phi) is 4.84. The first-order valence-electron chi connectivity index (χ1n) is 9.16. The predicted molar refractivity (Wildman–Crippen MR) is 114 cm³/mol. The molecular formula is C23H19ClN2O3. The number of halogens is 1. The van der Waals surface area contributed by atoms with Crippen molar-refractivity contribution >= 4 is 22.6 Å². The second-order valence-corrected chi connectivity index (χ2v) is 7.50. The van der Waals surface area contributed by atoms with Crippen LogP contribution in [0.15, 0.2) is 51.7 Å². The summed E-state index contributed by atoms with van der Waals surface area (Å²) in [7, 11) is 0. The number of aromatic nitrogens is 2. The van der Waals surface area contributed by atoms with Crippen molar-refractivity contribution in [1.82, 2.24) is 9.97 Å². The highest BCUT2D eigenvalue weighted by Gasteiger charge is 2.20. The molecule has 0 aliphatic heterocycles. The van der Waals surface area contributed by atoms with Crippen LogP contribution in [0.2, 0.25) is 5.02 Å². The molecule has 0 bridgehead atoms. The molecule has 0 fully saturated rings. The van der Waals surface area contributed by atoms with Crippen LogP contribution in [0, 0.1) is 27.7 Å². The highest BCUT2D eigenvalue weighted by molar-refractivity contribution is 6.30. The van der Waals surface area contributed by atoms with Gasteiger partial charge in [-0.3, -0.25) is 4.79 Å². The molecule has 0 radical (unpaired) electrons. The molecule has 0 saturated heterocycles. The lowest BCUT2D eigenvalue weighted by molar-refractivity contribution is 0.421. The van der Waals surface area contributed by atoms with Gasteiger partial charge in [0.2, 0.25) is 11.2 Å². The summed E-state index contributed by atoms with van der Waals surface area (Å²) in [6, 6.07) is 12.7. The predicted octanol–water partition coefficient (Wildman–Crippen LogP) is 5.93. The van der Waals surface area contributed by atoms with Crippen molar-refractivity contribution < 1.29 is 9.15 Å². The first-order chi connectivity index (χ1) is 13.8. The van der Waals surface area contributed by atoms with Crippen LogP contribution in [0.5, 0.6) is 11.8 Å². The van der Waals surface area contributed by atoms with E-state index in [1.165, 1.54) is 0 Å². The summed E-state index contributed by atoms with van der Waals surface area (Å²) in [5.41, 5.74) is 4.42. The molecule has 5 nitrogen and oxygen atoms in total. The summed E-state index contributed by atoms with van der Waals surface area (Å²) in [6.07, 6.45) is 0. The minimum Gasteiger partial charge on any atom is -0.452 e. The zero-order valence-corrected chi connectivity index (χ0v) is 17.3. The number of aryl methyl sites for hydroxylation is 4. The van der Waals surface area contributed by atoms with Crippen LogP contribution in [0.3, 0.4) is 0 Å². The van der Waals surface area contributed by atoms with Gasteiger partial charge in [-0.25, -0.2) is 9.97 Å². The number of ether oxygens (including phenoxy) is 1. The van der Waals surface area contributed by atoms with Crippen molar-refractivity contribution in [3.63, 3.8) is 0 Å². The molecule has 0 unspecified atom stereocenters. The first kappa shape index (κ1) is 19.2. The molecule has 0 atom stereocenters. The molecule has 0 aliphatic carbocycles. The van der Waals surface area contributed by atoms with E-state index in [1.54, 1.807) is 24.3 Å². The van der Waals surface area contributed by atoms with E-state index in [2.05, 4.69) is 9.97 Å². The molecule has 0 aliphatic rings. The standard InChI is InChI=1S/C23H19ClN2O3/c1-12-9-18-19(10-13(12)2)28-21(16-5-7-17(24)8-6-16)22(20(18)27)29-23-25-14(3)11-15(4)26-23/h5-11H,1-4H3. The normalized spacial score (nSPS) is 11.1. The van der Waals surface area contributed by atoms with Crippen molar-refractivity contribution in [2.75, 3.05) is 0 Å². The van der Waals surface area contributed by atoms with E-state index in [4.69, 9.17) is 20.8 Å². The third kappa shape index (κ3) is 3.74. The number of hydrogen-bond acceptors (Lipinski definition) is 5. The van der Waals surface area contributed by atoms with Gasteiger partial charge in [-0.05, 0) is 81.3 Å². The fraction of sp³-hybridized carbons (Fsp3) is 0.174. The molecule has 29 heavy (non-hydrogen) atoms. The lowest BCUT2D eigenvalue weighted by atomic mass is 10.0. The fourth-order valence-corrected chi connectivity index (χ4v) is 3.27. The highest BCUT2D eigenvalue weighted by atomic mass is 35.5. The Morgan fingerprint density at radius 1 is 0.897 bits per heavy atom. The largest absolute Gasteiger partial charge is 0.452 e. The Bertz CT molecular complexity index is 1270. The molecule has 0 amide bonds. The van der Waals surface area contributed by atoms with Crippen molar-refractivity contribution in [3.05, 3.63) is 80.2 Å². The SMILES string of the molecule is Cc1cc(C)nc(Oc2c(-c3ccc(Cl)cc3)oc3cc(C)c(C)cc3c2=O)n1. The van der Waals surface area contributed by atoms with Gasteiger partial charge in [0.25, 0.3) is 0 Å². The van der Waals surface area contributed by atoms with Gasteiger partial charge >= 0.3 is 6.01 Å². The van der Waals surface area contributed by atoms with Gasteiger partial charge in [0.1, 0.15) is 5.58 Å². The van der Waals surface area contributed by atoms with Gasteiger partial charge in [0, 0.05) is 22.0 Å². The Morgan fingerprint density at radius 2 is 1.52 bits per heavy atom. The lowest BCUT2D eigenvalue weighted by Gasteiger charge is -2.12. The molecule has 0 N–H and O–H groups in total. The molecule has 4 rings (SSSR count). The van der Waals surface area contributed by atoms with E-state index in [1.807, 2.05) is 45.9 Å². The molecule has 0 saturated carbocycles. The molecular weight excluding hydrogens is 388 g/mol. The molecule has 4 aromatic rings. The number of benzene rings is 2. The smallest absolute Gasteiger partial charge is 0.322 e. The monoisotopic (exact) mass is 406 g/mol. The lowest BCUT2D eigenvalue weighted by Crippen LogP contribution is -2.09. The van der Waals surface area contributed by atoms with Crippen LogP contribution < -0.4 is 10.2 Å². The molecule has 2 aromatic carbocycles. The summed E-state index contributed by atoms with van der Waals surface area (Å²) in [6.45, 7) is 7.62. The van der Waals surface area contributed by atoms with Crippen LogP contribution in [-0.2, 0) is 0 Å². The number of hydrogen-bond donors (Lipinski definition) is 0. The Hall–Kier alpha value is -3.18. The van der Waals surface area contributed by atoms with E-state index in [0.29, 0.717) is 27.3 Å².